The third-order valence-electron chi connectivity index (χ3n) is 5.14. The van der Waals surface area contributed by atoms with Gasteiger partial charge in [0, 0.05) is 11.3 Å². The molecule has 0 bridgehead atoms. The Bertz CT molecular complexity index is 821. The first kappa shape index (κ1) is 20.4. The van der Waals surface area contributed by atoms with Crippen molar-refractivity contribution < 1.29 is 18.8 Å². The van der Waals surface area contributed by atoms with E-state index in [1.54, 1.807) is 26.4 Å². The van der Waals surface area contributed by atoms with E-state index in [9.17, 15) is 4.39 Å². The number of rotatable bonds is 5. The quantitative estimate of drug-likeness (QED) is 0.748. The fourth-order valence-corrected chi connectivity index (χ4v) is 3.72. The maximum absolute atomic E-state index is 13.0. The Morgan fingerprint density at radius 2 is 1.71 bits per heavy atom. The lowest BCUT2D eigenvalue weighted by Crippen LogP contribution is -3.13. The molecule has 28 heavy (non-hydrogen) atoms. The fraction of sp³-hybridized carbons (Fsp3) is 0.381. The van der Waals surface area contributed by atoms with E-state index < -0.39 is 0 Å². The van der Waals surface area contributed by atoms with Crippen molar-refractivity contribution in [1.82, 2.24) is 4.90 Å². The Morgan fingerprint density at radius 3 is 2.32 bits per heavy atom. The molecule has 1 fully saturated rings. The minimum Gasteiger partial charge on any atom is -0.493 e. The standard InChI is InChI=1S/C21H26FN3O2S/c1-15-12-19(26-2)20(27-3)13-16(15)14-24-8-10-25(11-9-24)21(28)23-18-6-4-17(22)5-7-18/h4-7,12-13H,8-11,14H2,1-3H3,(H,23,28)/p+1. The second-order valence-corrected chi connectivity index (χ2v) is 7.37. The van der Waals surface area contributed by atoms with Crippen molar-refractivity contribution in [2.24, 2.45) is 0 Å². The van der Waals surface area contributed by atoms with E-state index in [0.29, 0.717) is 5.11 Å². The van der Waals surface area contributed by atoms with Crippen molar-refractivity contribution in [2.45, 2.75) is 13.5 Å². The Kier molecular flexibility index (Phi) is 6.70. The highest BCUT2D eigenvalue weighted by Crippen LogP contribution is 2.29. The van der Waals surface area contributed by atoms with Crippen LogP contribution in [0, 0.1) is 12.7 Å². The van der Waals surface area contributed by atoms with E-state index in [1.807, 2.05) is 6.07 Å². The first-order chi connectivity index (χ1) is 13.5. The number of methoxy groups -OCH3 is 2. The molecule has 0 amide bonds. The number of nitrogens with one attached hydrogen (secondary N) is 2. The number of thiocarbonyl (C=S) groups is 1. The molecule has 2 aromatic carbocycles. The van der Waals surface area contributed by atoms with Crippen LogP contribution in [0.1, 0.15) is 11.1 Å². The zero-order valence-corrected chi connectivity index (χ0v) is 17.4. The predicted molar refractivity (Wildman–Crippen MR) is 113 cm³/mol. The SMILES string of the molecule is COc1cc(C)c(C[NH+]2CCN(C(=S)Nc3ccc(F)cc3)CC2)cc1OC. The van der Waals surface area contributed by atoms with Crippen LogP contribution in [0.5, 0.6) is 11.5 Å². The van der Waals surface area contributed by atoms with E-state index in [1.165, 1.54) is 28.2 Å². The monoisotopic (exact) mass is 404 g/mol. The molecule has 7 heteroatoms. The first-order valence-corrected chi connectivity index (χ1v) is 9.77. The Morgan fingerprint density at radius 1 is 1.11 bits per heavy atom. The molecular formula is C21H27FN3O2S+. The third-order valence-corrected chi connectivity index (χ3v) is 5.50. The van der Waals surface area contributed by atoms with Crippen LogP contribution in [0.15, 0.2) is 36.4 Å². The van der Waals surface area contributed by atoms with Gasteiger partial charge in [0.2, 0.25) is 0 Å². The second-order valence-electron chi connectivity index (χ2n) is 6.98. The van der Waals surface area contributed by atoms with Crippen molar-refractivity contribution in [3.8, 4) is 11.5 Å². The average Bonchev–Trinajstić information content (AvgIpc) is 2.71. The molecule has 2 N–H and O–H groups in total. The van der Waals surface area contributed by atoms with Crippen molar-refractivity contribution in [3.05, 3.63) is 53.3 Å². The van der Waals surface area contributed by atoms with E-state index in [-0.39, 0.29) is 5.82 Å². The molecule has 0 aliphatic carbocycles. The summed E-state index contributed by atoms with van der Waals surface area (Å²) in [5.74, 6) is 1.28. The van der Waals surface area contributed by atoms with Crippen LogP contribution in [-0.4, -0.2) is 50.4 Å². The number of halogens is 1. The maximum Gasteiger partial charge on any atom is 0.173 e. The van der Waals surface area contributed by atoms with Crippen LogP contribution >= 0.6 is 12.2 Å². The Balaban J connectivity index is 1.55. The lowest BCUT2D eigenvalue weighted by Gasteiger charge is -2.34. The van der Waals surface area contributed by atoms with Gasteiger partial charge in [-0.05, 0) is 61.1 Å². The third kappa shape index (κ3) is 4.91. The number of nitrogens with zero attached hydrogens (tertiary/aromatic N) is 1. The summed E-state index contributed by atoms with van der Waals surface area (Å²) >= 11 is 5.52. The zero-order chi connectivity index (χ0) is 20.1. The van der Waals surface area contributed by atoms with Gasteiger partial charge in [-0.1, -0.05) is 0 Å². The smallest absolute Gasteiger partial charge is 0.173 e. The van der Waals surface area contributed by atoms with Crippen LogP contribution in [0.4, 0.5) is 10.1 Å². The highest BCUT2D eigenvalue weighted by molar-refractivity contribution is 7.80. The number of hydrogen-bond acceptors (Lipinski definition) is 3. The number of ether oxygens (including phenoxy) is 2. The molecule has 0 unspecified atom stereocenters. The lowest BCUT2D eigenvalue weighted by molar-refractivity contribution is -0.917. The molecule has 1 aliphatic rings. The maximum atomic E-state index is 13.0. The summed E-state index contributed by atoms with van der Waals surface area (Å²) in [6.45, 7) is 6.81. The molecule has 1 aliphatic heterocycles. The van der Waals surface area contributed by atoms with Gasteiger partial charge in [-0.25, -0.2) is 4.39 Å². The number of anilines is 1. The van der Waals surface area contributed by atoms with E-state index in [2.05, 4.69) is 23.2 Å². The molecule has 0 saturated carbocycles. The molecular weight excluding hydrogens is 377 g/mol. The average molecular weight is 405 g/mol. The summed E-state index contributed by atoms with van der Waals surface area (Å²) in [6.07, 6.45) is 0. The van der Waals surface area contributed by atoms with Crippen molar-refractivity contribution in [1.29, 1.82) is 0 Å². The van der Waals surface area contributed by atoms with E-state index in [4.69, 9.17) is 21.7 Å². The van der Waals surface area contributed by atoms with Gasteiger partial charge >= 0.3 is 0 Å². The minimum atomic E-state index is -0.251. The zero-order valence-electron chi connectivity index (χ0n) is 16.5. The highest BCUT2D eigenvalue weighted by Gasteiger charge is 2.23. The van der Waals surface area contributed by atoms with Gasteiger partial charge in [-0.2, -0.15) is 0 Å². The van der Waals surface area contributed by atoms with Gasteiger partial charge in [0.15, 0.2) is 16.6 Å². The number of piperazine rings is 1. The summed E-state index contributed by atoms with van der Waals surface area (Å²) in [5, 5.41) is 3.88. The van der Waals surface area contributed by atoms with Crippen molar-refractivity contribution in [2.75, 3.05) is 45.7 Å². The van der Waals surface area contributed by atoms with Crippen LogP contribution in [-0.2, 0) is 6.54 Å². The minimum absolute atomic E-state index is 0.251. The van der Waals surface area contributed by atoms with Gasteiger partial charge in [0.25, 0.3) is 0 Å². The predicted octanol–water partition coefficient (Wildman–Crippen LogP) is 2.25. The second kappa shape index (κ2) is 9.21. The number of hydrogen-bond donors (Lipinski definition) is 2. The van der Waals surface area contributed by atoms with E-state index in [0.717, 1.165) is 49.9 Å². The number of aryl methyl sites for hydroxylation is 1. The molecule has 5 nitrogen and oxygen atoms in total. The summed E-state index contributed by atoms with van der Waals surface area (Å²) < 4.78 is 23.8. The summed E-state index contributed by atoms with van der Waals surface area (Å²) in [4.78, 5) is 3.68. The van der Waals surface area contributed by atoms with Crippen LogP contribution in [0.3, 0.4) is 0 Å². The molecule has 0 aromatic heterocycles. The molecule has 0 radical (unpaired) electrons. The molecule has 1 saturated heterocycles. The lowest BCUT2D eigenvalue weighted by atomic mass is 10.1. The summed E-state index contributed by atoms with van der Waals surface area (Å²) in [7, 11) is 3.32. The van der Waals surface area contributed by atoms with Gasteiger partial charge in [0.1, 0.15) is 12.4 Å². The Hall–Kier alpha value is -2.38. The van der Waals surface area contributed by atoms with Gasteiger partial charge in [0.05, 0.1) is 40.4 Å². The molecule has 150 valence electrons. The molecule has 0 atom stereocenters. The molecule has 1 heterocycles. The first-order valence-electron chi connectivity index (χ1n) is 9.36. The van der Waals surface area contributed by atoms with Crippen molar-refractivity contribution >= 4 is 23.0 Å². The van der Waals surface area contributed by atoms with Crippen LogP contribution in [0.25, 0.3) is 0 Å². The van der Waals surface area contributed by atoms with Gasteiger partial charge in [-0.3, -0.25) is 0 Å². The molecule has 3 rings (SSSR count). The normalized spacial score (nSPS) is 14.6. The fourth-order valence-electron chi connectivity index (χ4n) is 3.42. The largest absolute Gasteiger partial charge is 0.493 e. The van der Waals surface area contributed by atoms with E-state index >= 15 is 0 Å². The van der Waals surface area contributed by atoms with Gasteiger partial charge in [-0.15, -0.1) is 0 Å². The molecule has 2 aromatic rings. The highest BCUT2D eigenvalue weighted by atomic mass is 32.1. The summed E-state index contributed by atoms with van der Waals surface area (Å²) in [5.41, 5.74) is 3.29. The van der Waals surface area contributed by atoms with Crippen molar-refractivity contribution in [3.63, 3.8) is 0 Å². The van der Waals surface area contributed by atoms with Crippen LogP contribution < -0.4 is 19.7 Å². The topological polar surface area (TPSA) is 38.2 Å². The van der Waals surface area contributed by atoms with Gasteiger partial charge < -0.3 is 24.6 Å². The molecule has 0 spiro atoms. The number of benzene rings is 2. The summed E-state index contributed by atoms with van der Waals surface area (Å²) in [6, 6.07) is 10.4. The Labute approximate surface area is 171 Å². The number of quaternary nitrogens is 1. The van der Waals surface area contributed by atoms with Crippen LogP contribution in [0.2, 0.25) is 0 Å².